The second kappa shape index (κ2) is 9.02. The minimum atomic E-state index is -2.05. The topological polar surface area (TPSA) is 193 Å². The molecule has 1 spiro atoms. The van der Waals surface area contributed by atoms with Crippen LogP contribution in [0.1, 0.15) is 37.1 Å². The number of rotatable bonds is 4. The number of aliphatic hydroxyl groups excluding tert-OH is 2. The van der Waals surface area contributed by atoms with Crippen molar-refractivity contribution in [2.45, 2.75) is 38.2 Å². The summed E-state index contributed by atoms with van der Waals surface area (Å²) < 4.78 is 4.88. The number of nitrogens with one attached hydrogen (secondary N) is 1. The van der Waals surface area contributed by atoms with Crippen molar-refractivity contribution in [1.82, 2.24) is 4.98 Å². The van der Waals surface area contributed by atoms with Gasteiger partial charge < -0.3 is 29.9 Å². The summed E-state index contributed by atoms with van der Waals surface area (Å²) in [5, 5.41) is 35.4. The molecule has 0 amide bonds. The maximum absolute atomic E-state index is 13.6. The third-order valence-corrected chi connectivity index (χ3v) is 8.27. The van der Waals surface area contributed by atoms with E-state index >= 15 is 0 Å². The Bertz CT molecular complexity index is 2410. The number of fused-ring (bicyclic) bond motifs is 4. The van der Waals surface area contributed by atoms with Crippen LogP contribution in [0.15, 0.2) is 41.3 Å². The highest BCUT2D eigenvalue weighted by Gasteiger charge is 2.53. The quantitative estimate of drug-likeness (QED) is 0.184. The second-order valence-electron chi connectivity index (χ2n) is 10.4. The number of aliphatic hydroxyl groups is 2. The molecule has 0 saturated carbocycles. The summed E-state index contributed by atoms with van der Waals surface area (Å²) >= 11 is 6.74. The Morgan fingerprint density at radius 2 is 1.62 bits per heavy atom. The van der Waals surface area contributed by atoms with Crippen LogP contribution in [0.25, 0.3) is 22.3 Å². The zero-order valence-electron chi connectivity index (χ0n) is 22.2. The molecule has 0 bridgehead atoms. The molecule has 42 heavy (non-hydrogen) atoms. The molecule has 1 heterocycles. The number of aromatic hydroxyl groups is 1. The van der Waals surface area contributed by atoms with E-state index in [1.807, 2.05) is 0 Å². The lowest BCUT2D eigenvalue weighted by Gasteiger charge is -2.27. The maximum atomic E-state index is 13.6. The fourth-order valence-corrected chi connectivity index (χ4v) is 6.43. The molecule has 0 radical (unpaired) electrons. The number of oxime groups is 1. The van der Waals surface area contributed by atoms with E-state index < -0.39 is 76.6 Å². The van der Waals surface area contributed by atoms with E-state index in [1.165, 1.54) is 12.3 Å². The molecule has 0 unspecified atom stereocenters. The van der Waals surface area contributed by atoms with Crippen LogP contribution in [0.5, 0.6) is 11.5 Å². The second-order valence-corrected chi connectivity index (χ2v) is 10.8. The van der Waals surface area contributed by atoms with Gasteiger partial charge in [0.25, 0.3) is 5.56 Å². The first kappa shape index (κ1) is 27.2. The van der Waals surface area contributed by atoms with Gasteiger partial charge in [0, 0.05) is 17.0 Å². The van der Waals surface area contributed by atoms with Crippen molar-refractivity contribution in [3.8, 4) is 11.5 Å². The van der Waals surface area contributed by atoms with Crippen molar-refractivity contribution in [3.05, 3.63) is 106 Å². The van der Waals surface area contributed by atoms with Gasteiger partial charge in [0.2, 0.25) is 16.3 Å². The summed E-state index contributed by atoms with van der Waals surface area (Å²) in [5.74, 6) is -2.73. The number of benzene rings is 1. The van der Waals surface area contributed by atoms with Gasteiger partial charge in [-0.25, -0.2) is 0 Å². The molecular weight excluding hydrogens is 572 g/mol. The van der Waals surface area contributed by atoms with Gasteiger partial charge in [0.1, 0.15) is 28.8 Å². The molecule has 0 saturated heterocycles. The molecule has 12 nitrogen and oxygen atoms in total. The van der Waals surface area contributed by atoms with Gasteiger partial charge in [-0.2, -0.15) is 0 Å². The summed E-state index contributed by atoms with van der Waals surface area (Å²) in [6.07, 6.45) is 0.921. The van der Waals surface area contributed by atoms with Crippen LogP contribution in [-0.2, 0) is 16.7 Å². The molecule has 6 rings (SSSR count). The minimum Gasteiger partial charge on any atom is -0.510 e. The zero-order chi connectivity index (χ0) is 30.4. The predicted octanol–water partition coefficient (Wildman–Crippen LogP) is -0.0740. The normalized spacial score (nSPS) is 17.7. The van der Waals surface area contributed by atoms with Crippen molar-refractivity contribution in [3.63, 3.8) is 0 Å². The maximum Gasteiger partial charge on any atom is 0.260 e. The molecule has 1 aromatic heterocycles. The van der Waals surface area contributed by atoms with E-state index in [0.29, 0.717) is 0 Å². The fourth-order valence-electron chi connectivity index (χ4n) is 6.09. The Kier molecular flexibility index (Phi) is 5.84. The van der Waals surface area contributed by atoms with Crippen LogP contribution in [0.3, 0.4) is 0 Å². The highest BCUT2D eigenvalue weighted by Crippen LogP contribution is 2.56. The van der Waals surface area contributed by atoms with Crippen LogP contribution in [-0.4, -0.2) is 39.7 Å². The molecule has 13 heteroatoms. The van der Waals surface area contributed by atoms with E-state index in [0.717, 1.165) is 13.2 Å². The van der Waals surface area contributed by atoms with E-state index in [-0.39, 0.29) is 51.6 Å². The van der Waals surface area contributed by atoms with E-state index in [2.05, 4.69) is 10.1 Å². The Balaban J connectivity index is 1.73. The Labute approximate surface area is 238 Å². The minimum absolute atomic E-state index is 0.0278. The van der Waals surface area contributed by atoms with Gasteiger partial charge in [-0.3, -0.25) is 24.0 Å². The van der Waals surface area contributed by atoms with Gasteiger partial charge in [0.15, 0.2) is 11.2 Å². The molecular formula is C29H21ClN2O10. The first-order valence-corrected chi connectivity index (χ1v) is 13.1. The first-order valence-electron chi connectivity index (χ1n) is 12.7. The summed E-state index contributed by atoms with van der Waals surface area (Å²) in [4.78, 5) is 73.7. The Morgan fingerprint density at radius 3 is 2.24 bits per heavy atom. The van der Waals surface area contributed by atoms with Gasteiger partial charge in [0.05, 0.1) is 50.3 Å². The molecule has 1 aromatic carbocycles. The number of methoxy groups -OCH3 is 1. The van der Waals surface area contributed by atoms with Gasteiger partial charge in [-0.15, -0.1) is 0 Å². The number of halogens is 1. The van der Waals surface area contributed by atoms with Crippen LogP contribution >= 0.6 is 11.6 Å². The predicted molar refractivity (Wildman–Crippen MR) is 152 cm³/mol. The Hall–Kier alpha value is -4.97. The molecule has 4 N–H and O–H groups in total. The largest absolute Gasteiger partial charge is 0.510 e. The zero-order valence-corrected chi connectivity index (χ0v) is 23.0. The molecule has 1 atom stereocenters. The van der Waals surface area contributed by atoms with Crippen molar-refractivity contribution in [2.24, 2.45) is 5.16 Å². The van der Waals surface area contributed by atoms with Crippen molar-refractivity contribution < 1.29 is 24.9 Å². The number of hydrogen-bond donors (Lipinski definition) is 4. The van der Waals surface area contributed by atoms with Gasteiger partial charge >= 0.3 is 0 Å². The third kappa shape index (κ3) is 3.29. The fraction of sp³-hybridized carbons (Fsp3) is 0.241. The number of nitrogens with zero attached hydrogens (tertiary/aromatic N) is 1. The molecule has 214 valence electrons. The van der Waals surface area contributed by atoms with Crippen molar-refractivity contribution >= 4 is 40.1 Å². The smallest absolute Gasteiger partial charge is 0.260 e. The van der Waals surface area contributed by atoms with E-state index in [1.54, 1.807) is 13.8 Å². The van der Waals surface area contributed by atoms with Crippen molar-refractivity contribution in [1.29, 1.82) is 0 Å². The van der Waals surface area contributed by atoms with Gasteiger partial charge in [-0.1, -0.05) is 16.8 Å². The molecule has 2 aromatic rings. The highest BCUT2D eigenvalue weighted by molar-refractivity contribution is 6.37. The molecule has 4 aliphatic carbocycles. The lowest BCUT2D eigenvalue weighted by atomic mass is 9.78. The van der Waals surface area contributed by atoms with Crippen molar-refractivity contribution in [2.75, 3.05) is 7.11 Å². The summed E-state index contributed by atoms with van der Waals surface area (Å²) in [6.45, 7) is 3.53. The van der Waals surface area contributed by atoms with Crippen LogP contribution < -0.4 is 42.4 Å². The number of H-pyrrole nitrogens is 1. The lowest BCUT2D eigenvalue weighted by molar-refractivity contribution is 0.0873. The number of aromatic nitrogens is 1. The van der Waals surface area contributed by atoms with E-state index in [9.17, 15) is 39.3 Å². The number of phenolic OH excluding ortho intramolecular Hbond substituents is 1. The van der Waals surface area contributed by atoms with Crippen LogP contribution in [0, 0.1) is 10.4 Å². The van der Waals surface area contributed by atoms with Crippen LogP contribution in [0.2, 0.25) is 5.02 Å². The summed E-state index contributed by atoms with van der Waals surface area (Å²) in [6, 6.07) is 2.23. The highest BCUT2D eigenvalue weighted by atomic mass is 35.5. The SMILES string of the molecule is COc1cc(=O)c2c(=O)c3c(c(=O)c=2c1=O)=C(O)[C@]1(CCc2c1c(O)c1c(=O)[nH]c(/C=N/OC(C)C)cc1c2Cl)C=3O. The Morgan fingerprint density at radius 1 is 0.976 bits per heavy atom. The summed E-state index contributed by atoms with van der Waals surface area (Å²) in [5.41, 5.74) is -6.85. The van der Waals surface area contributed by atoms with E-state index in [4.69, 9.17) is 21.2 Å². The molecule has 0 aliphatic heterocycles. The summed E-state index contributed by atoms with van der Waals surface area (Å²) in [7, 11) is 1.11. The monoisotopic (exact) mass is 592 g/mol. The third-order valence-electron chi connectivity index (χ3n) is 7.84. The number of pyridine rings is 1. The van der Waals surface area contributed by atoms with Crippen LogP contribution in [0.4, 0.5) is 0 Å². The molecule has 0 fully saturated rings. The first-order chi connectivity index (χ1) is 19.9. The number of ether oxygens (including phenoxy) is 1. The standard InChI is InChI=1S/C29H21ClN2O10/c1-9(2)42-31-8-10-6-12-15(28(40)32-10)25(37)20-11(21(12)30)4-5-29(20)26(38)18-19(27(29)39)24(36)17-16(23(18)35)13(33)7-14(41-3)22(17)34/h6-9,37-39H,4-5H2,1-3H3,(H,32,40)/b31-8+/t29-/m0/s1. The number of hydrogen-bond acceptors (Lipinski definition) is 11. The number of phenols is 1. The van der Waals surface area contributed by atoms with Gasteiger partial charge in [-0.05, 0) is 38.3 Å². The average Bonchev–Trinajstić information content (AvgIpc) is 3.44. The lowest BCUT2D eigenvalue weighted by Crippen LogP contribution is -2.51. The average molecular weight is 593 g/mol. The molecule has 4 aliphatic rings. The number of aromatic amines is 1.